The van der Waals surface area contributed by atoms with E-state index in [0.29, 0.717) is 13.0 Å². The van der Waals surface area contributed by atoms with Crippen molar-refractivity contribution in [3.63, 3.8) is 0 Å². The van der Waals surface area contributed by atoms with E-state index in [-0.39, 0.29) is 18.2 Å². The highest BCUT2D eigenvalue weighted by atomic mass is 19.1. The molecule has 3 N–H and O–H groups in total. The van der Waals surface area contributed by atoms with E-state index in [1.165, 1.54) is 0 Å². The first-order chi connectivity index (χ1) is 8.50. The number of rotatable bonds is 7. The smallest absolute Gasteiger partial charge is 0.129 e. The monoisotopic (exact) mass is 259 g/mol. The Morgan fingerprint density at radius 1 is 1.28 bits per heavy atom. The van der Waals surface area contributed by atoms with Crippen molar-refractivity contribution in [2.24, 2.45) is 0 Å². The molecule has 0 radical (unpaired) electrons. The van der Waals surface area contributed by atoms with E-state index in [1.807, 2.05) is 0 Å². The van der Waals surface area contributed by atoms with Crippen LogP contribution >= 0.6 is 0 Å². The van der Waals surface area contributed by atoms with Crippen LogP contribution in [0.3, 0.4) is 0 Å². The fraction of sp³-hybridized carbons (Fsp3) is 0.538. The summed E-state index contributed by atoms with van der Waals surface area (Å²) in [5, 5.41) is 21.7. The number of hydrogen-bond donors (Lipinski definition) is 3. The van der Waals surface area contributed by atoms with Gasteiger partial charge in [0.2, 0.25) is 0 Å². The van der Waals surface area contributed by atoms with Gasteiger partial charge in [0, 0.05) is 12.1 Å². The topological polar surface area (TPSA) is 52.5 Å². The van der Waals surface area contributed by atoms with Gasteiger partial charge in [0.05, 0.1) is 12.2 Å². The van der Waals surface area contributed by atoms with Crippen molar-refractivity contribution in [3.8, 4) is 0 Å². The Hall–Kier alpha value is -1.04. The highest BCUT2D eigenvalue weighted by Crippen LogP contribution is 2.17. The Kier molecular flexibility index (Phi) is 6.18. The second-order valence-corrected chi connectivity index (χ2v) is 4.38. The molecule has 1 rings (SSSR count). The molecular formula is C13H19F2NO2. The quantitative estimate of drug-likeness (QED) is 0.654. The number of hydrogen-bond acceptors (Lipinski definition) is 3. The number of aliphatic hydroxyl groups is 2. The average molecular weight is 259 g/mol. The van der Waals surface area contributed by atoms with Gasteiger partial charge in [-0.05, 0) is 44.5 Å². The third-order valence-electron chi connectivity index (χ3n) is 2.63. The molecule has 2 atom stereocenters. The van der Waals surface area contributed by atoms with Crippen LogP contribution in [0.4, 0.5) is 8.78 Å². The molecule has 0 aliphatic heterocycles. The molecule has 0 amide bonds. The summed E-state index contributed by atoms with van der Waals surface area (Å²) in [5.41, 5.74) is -0.0435. The first-order valence-corrected chi connectivity index (χ1v) is 6.02. The SMILES string of the molecule is CC(O)CCCNCC(O)c1cc(F)ccc1F. The van der Waals surface area contributed by atoms with Crippen LogP contribution in [-0.4, -0.2) is 29.4 Å². The summed E-state index contributed by atoms with van der Waals surface area (Å²) in [6.45, 7) is 2.47. The molecular weight excluding hydrogens is 240 g/mol. The predicted molar refractivity (Wildman–Crippen MR) is 65.1 cm³/mol. The van der Waals surface area contributed by atoms with Crippen molar-refractivity contribution in [2.45, 2.75) is 32.0 Å². The molecule has 0 aromatic heterocycles. The Balaban J connectivity index is 2.36. The summed E-state index contributed by atoms with van der Waals surface area (Å²) in [6.07, 6.45) is -0.00221. The molecule has 18 heavy (non-hydrogen) atoms. The van der Waals surface area contributed by atoms with Crippen LogP contribution in [0.5, 0.6) is 0 Å². The average Bonchev–Trinajstić information content (AvgIpc) is 2.31. The van der Waals surface area contributed by atoms with Crippen LogP contribution in [-0.2, 0) is 0 Å². The molecule has 5 heteroatoms. The van der Waals surface area contributed by atoms with Gasteiger partial charge in [-0.15, -0.1) is 0 Å². The lowest BCUT2D eigenvalue weighted by atomic mass is 10.1. The summed E-state index contributed by atoms with van der Waals surface area (Å²) in [7, 11) is 0. The van der Waals surface area contributed by atoms with Gasteiger partial charge in [-0.2, -0.15) is 0 Å². The second kappa shape index (κ2) is 7.41. The van der Waals surface area contributed by atoms with Gasteiger partial charge in [0.15, 0.2) is 0 Å². The minimum absolute atomic E-state index is 0.0435. The van der Waals surface area contributed by atoms with Crippen LogP contribution in [0.2, 0.25) is 0 Å². The fourth-order valence-corrected chi connectivity index (χ4v) is 1.64. The second-order valence-electron chi connectivity index (χ2n) is 4.38. The Morgan fingerprint density at radius 3 is 2.67 bits per heavy atom. The van der Waals surface area contributed by atoms with E-state index in [1.54, 1.807) is 6.92 Å². The maximum Gasteiger partial charge on any atom is 0.129 e. The van der Waals surface area contributed by atoms with Crippen LogP contribution in [0, 0.1) is 11.6 Å². The van der Waals surface area contributed by atoms with Gasteiger partial charge in [0.1, 0.15) is 11.6 Å². The highest BCUT2D eigenvalue weighted by Gasteiger charge is 2.13. The zero-order chi connectivity index (χ0) is 13.5. The molecule has 0 heterocycles. The molecule has 0 fully saturated rings. The zero-order valence-corrected chi connectivity index (χ0v) is 10.4. The van der Waals surface area contributed by atoms with Crippen LogP contribution < -0.4 is 5.32 Å². The maximum absolute atomic E-state index is 13.3. The van der Waals surface area contributed by atoms with E-state index in [9.17, 15) is 13.9 Å². The number of aliphatic hydroxyl groups excluding tert-OH is 2. The van der Waals surface area contributed by atoms with Crippen molar-refractivity contribution in [1.82, 2.24) is 5.32 Å². The summed E-state index contributed by atoms with van der Waals surface area (Å²) in [6, 6.07) is 3.01. The largest absolute Gasteiger partial charge is 0.393 e. The standard InChI is InChI=1S/C13H19F2NO2/c1-9(17)3-2-6-16-8-13(18)11-7-10(14)4-5-12(11)15/h4-5,7,9,13,16-18H,2-3,6,8H2,1H3. The molecule has 0 aliphatic rings. The van der Waals surface area contributed by atoms with E-state index in [0.717, 1.165) is 24.6 Å². The number of nitrogens with one attached hydrogen (secondary N) is 1. The predicted octanol–water partition coefficient (Wildman–Crippen LogP) is 1.75. The molecule has 0 saturated heterocycles. The molecule has 2 unspecified atom stereocenters. The van der Waals surface area contributed by atoms with Gasteiger partial charge in [-0.1, -0.05) is 0 Å². The lowest BCUT2D eigenvalue weighted by Gasteiger charge is -2.13. The van der Waals surface area contributed by atoms with E-state index < -0.39 is 17.7 Å². The first kappa shape index (κ1) is 15.0. The molecule has 1 aromatic carbocycles. The molecule has 0 spiro atoms. The molecule has 3 nitrogen and oxygen atoms in total. The maximum atomic E-state index is 13.3. The van der Waals surface area contributed by atoms with Gasteiger partial charge >= 0.3 is 0 Å². The molecule has 102 valence electrons. The molecule has 1 aromatic rings. The normalized spacial score (nSPS) is 14.5. The molecule has 0 aliphatic carbocycles. The lowest BCUT2D eigenvalue weighted by Crippen LogP contribution is -2.23. The third-order valence-corrected chi connectivity index (χ3v) is 2.63. The van der Waals surface area contributed by atoms with Crippen LogP contribution in [0.15, 0.2) is 18.2 Å². The van der Waals surface area contributed by atoms with E-state index in [2.05, 4.69) is 5.32 Å². The first-order valence-electron chi connectivity index (χ1n) is 6.02. The zero-order valence-electron chi connectivity index (χ0n) is 10.4. The summed E-state index contributed by atoms with van der Waals surface area (Å²) in [5.74, 6) is -1.19. The van der Waals surface area contributed by atoms with Crippen molar-refractivity contribution < 1.29 is 19.0 Å². The molecule has 0 bridgehead atoms. The summed E-state index contributed by atoms with van der Waals surface area (Å²) >= 11 is 0. The Bertz CT molecular complexity index is 372. The van der Waals surface area contributed by atoms with Gasteiger partial charge < -0.3 is 15.5 Å². The summed E-state index contributed by atoms with van der Waals surface area (Å²) < 4.78 is 26.2. The lowest BCUT2D eigenvalue weighted by molar-refractivity contribution is 0.165. The van der Waals surface area contributed by atoms with Gasteiger partial charge in [0.25, 0.3) is 0 Å². The third kappa shape index (κ3) is 5.08. The van der Waals surface area contributed by atoms with Crippen LogP contribution in [0.1, 0.15) is 31.4 Å². The number of halogens is 2. The number of benzene rings is 1. The van der Waals surface area contributed by atoms with Crippen molar-refractivity contribution >= 4 is 0 Å². The molecule has 0 saturated carbocycles. The minimum atomic E-state index is -1.08. The van der Waals surface area contributed by atoms with Crippen molar-refractivity contribution in [1.29, 1.82) is 0 Å². The van der Waals surface area contributed by atoms with Gasteiger partial charge in [-0.25, -0.2) is 8.78 Å². The Morgan fingerprint density at radius 2 is 2.00 bits per heavy atom. The van der Waals surface area contributed by atoms with Crippen LogP contribution in [0.25, 0.3) is 0 Å². The van der Waals surface area contributed by atoms with Gasteiger partial charge in [-0.3, -0.25) is 0 Å². The fourth-order valence-electron chi connectivity index (χ4n) is 1.64. The summed E-state index contributed by atoms with van der Waals surface area (Å²) in [4.78, 5) is 0. The van der Waals surface area contributed by atoms with Crippen molar-refractivity contribution in [3.05, 3.63) is 35.4 Å². The highest BCUT2D eigenvalue weighted by molar-refractivity contribution is 5.21. The minimum Gasteiger partial charge on any atom is -0.393 e. The van der Waals surface area contributed by atoms with Crippen molar-refractivity contribution in [2.75, 3.05) is 13.1 Å². The Labute approximate surface area is 105 Å². The van der Waals surface area contributed by atoms with E-state index in [4.69, 9.17) is 5.11 Å². The van der Waals surface area contributed by atoms with E-state index >= 15 is 0 Å².